The van der Waals surface area contributed by atoms with Gasteiger partial charge in [0.05, 0.1) is 0 Å². The molecule has 0 radical (unpaired) electrons. The molecule has 11 aromatic carbocycles. The van der Waals surface area contributed by atoms with Gasteiger partial charge >= 0.3 is 0 Å². The van der Waals surface area contributed by atoms with Crippen molar-refractivity contribution in [2.45, 2.75) is 0 Å². The van der Waals surface area contributed by atoms with Gasteiger partial charge in [-0.15, -0.1) is 11.3 Å². The number of hydrogen-bond donors (Lipinski definition) is 0. The van der Waals surface area contributed by atoms with Crippen LogP contribution in [0.25, 0.3) is 120 Å². The minimum absolute atomic E-state index is 1.19. The monoisotopic (exact) mass is 816 g/mol. The Bertz CT molecular complexity index is 3630. The highest BCUT2D eigenvalue weighted by atomic mass is 32.1. The fraction of sp³-hybridized carbons (Fsp3) is 0. The molecule has 0 N–H and O–H groups in total. The Morgan fingerprint density at radius 1 is 0.190 bits per heavy atom. The van der Waals surface area contributed by atoms with Gasteiger partial charge in [-0.1, -0.05) is 206 Å². The average molecular weight is 817 g/mol. The molecule has 0 aliphatic heterocycles. The third kappa shape index (κ3) is 6.53. The first-order chi connectivity index (χ1) is 31.2. The summed E-state index contributed by atoms with van der Waals surface area (Å²) in [5, 5.41) is 7.60. The zero-order valence-electron chi connectivity index (χ0n) is 34.5. The van der Waals surface area contributed by atoms with Crippen LogP contribution in [0.4, 0.5) is 0 Å². The molecule has 0 fully saturated rings. The molecule has 0 saturated heterocycles. The average Bonchev–Trinajstić information content (AvgIpc) is 3.75. The van der Waals surface area contributed by atoms with Crippen molar-refractivity contribution >= 4 is 53.1 Å². The Hall–Kier alpha value is -7.84. The van der Waals surface area contributed by atoms with Gasteiger partial charge in [0.15, 0.2) is 0 Å². The smallest absolute Gasteiger partial charge is 0.0434 e. The molecule has 12 aromatic rings. The van der Waals surface area contributed by atoms with E-state index in [1.807, 2.05) is 11.3 Å². The third-order valence-electron chi connectivity index (χ3n) is 12.6. The molecule has 12 rings (SSSR count). The van der Waals surface area contributed by atoms with Gasteiger partial charge in [-0.3, -0.25) is 0 Å². The lowest BCUT2D eigenvalue weighted by Crippen LogP contribution is -1.91. The molecule has 0 nitrogen and oxygen atoms in total. The fourth-order valence-corrected chi connectivity index (χ4v) is 11.0. The van der Waals surface area contributed by atoms with Gasteiger partial charge in [-0.2, -0.15) is 0 Å². The van der Waals surface area contributed by atoms with Gasteiger partial charge in [0.25, 0.3) is 0 Å². The summed E-state index contributed by atoms with van der Waals surface area (Å²) in [5.74, 6) is 0. The first kappa shape index (κ1) is 37.0. The molecule has 0 unspecified atom stereocenters. The molecule has 0 atom stereocenters. The van der Waals surface area contributed by atoms with Crippen molar-refractivity contribution in [2.75, 3.05) is 0 Å². The molecule has 294 valence electrons. The zero-order chi connectivity index (χ0) is 41.7. The maximum absolute atomic E-state index is 2.43. The lowest BCUT2D eigenvalue weighted by Gasteiger charge is -2.19. The van der Waals surface area contributed by atoms with E-state index >= 15 is 0 Å². The quantitative estimate of drug-likeness (QED) is 0.141. The predicted molar refractivity (Wildman–Crippen MR) is 272 cm³/mol. The van der Waals surface area contributed by atoms with E-state index in [0.29, 0.717) is 0 Å². The van der Waals surface area contributed by atoms with Crippen LogP contribution in [0.3, 0.4) is 0 Å². The van der Waals surface area contributed by atoms with Crippen LogP contribution < -0.4 is 0 Å². The third-order valence-corrected chi connectivity index (χ3v) is 13.9. The second-order valence-corrected chi connectivity index (χ2v) is 17.4. The lowest BCUT2D eigenvalue weighted by atomic mass is 9.84. The van der Waals surface area contributed by atoms with E-state index in [1.165, 1.54) is 120 Å². The summed E-state index contributed by atoms with van der Waals surface area (Å²) in [6.45, 7) is 0. The Kier molecular flexibility index (Phi) is 9.13. The van der Waals surface area contributed by atoms with E-state index in [2.05, 4.69) is 243 Å². The Morgan fingerprint density at radius 3 is 1.08 bits per heavy atom. The first-order valence-corrected chi connectivity index (χ1v) is 22.5. The van der Waals surface area contributed by atoms with Gasteiger partial charge in [-0.05, 0) is 125 Å². The molecule has 1 aromatic heterocycles. The highest BCUT2D eigenvalue weighted by molar-refractivity contribution is 7.27. The van der Waals surface area contributed by atoms with Crippen LogP contribution in [0.5, 0.6) is 0 Å². The second kappa shape index (κ2) is 15.6. The van der Waals surface area contributed by atoms with Crippen LogP contribution in [0.15, 0.2) is 243 Å². The number of hydrogen-bond acceptors (Lipinski definition) is 1. The van der Waals surface area contributed by atoms with Gasteiger partial charge < -0.3 is 0 Å². The van der Waals surface area contributed by atoms with Gasteiger partial charge in [-0.25, -0.2) is 0 Å². The molecular formula is C62H40S. The van der Waals surface area contributed by atoms with Crippen LogP contribution >= 0.6 is 11.3 Å². The number of fused-ring (bicyclic) bond motifs is 5. The van der Waals surface area contributed by atoms with E-state index in [1.54, 1.807) is 0 Å². The molecule has 0 bridgehead atoms. The van der Waals surface area contributed by atoms with Crippen LogP contribution in [0.2, 0.25) is 0 Å². The molecule has 0 spiro atoms. The summed E-state index contributed by atoms with van der Waals surface area (Å²) in [6.07, 6.45) is 0. The molecule has 1 heterocycles. The normalized spacial score (nSPS) is 11.5. The van der Waals surface area contributed by atoms with Gasteiger partial charge in [0.2, 0.25) is 0 Å². The Morgan fingerprint density at radius 2 is 0.556 bits per heavy atom. The molecule has 0 aliphatic carbocycles. The van der Waals surface area contributed by atoms with Crippen molar-refractivity contribution in [1.82, 2.24) is 0 Å². The molecule has 0 aliphatic rings. The highest BCUT2D eigenvalue weighted by Gasteiger charge is 2.20. The zero-order valence-corrected chi connectivity index (χ0v) is 35.3. The SMILES string of the molecule is c1ccc(-c2cc(-c3ccccc3)c3sc4c(-c5cccc(-c6ccc7c(-c8ccccc8)c8ccccc8c(-c8ccccc8)c7c6)c5)cc(-c5ccccc5)cc4c3c2)cc1. The summed E-state index contributed by atoms with van der Waals surface area (Å²) in [4.78, 5) is 0. The lowest BCUT2D eigenvalue weighted by molar-refractivity contribution is 1.61. The van der Waals surface area contributed by atoms with E-state index < -0.39 is 0 Å². The second-order valence-electron chi connectivity index (χ2n) is 16.4. The Labute approximate surface area is 371 Å². The molecule has 63 heavy (non-hydrogen) atoms. The van der Waals surface area contributed by atoms with Crippen LogP contribution in [0.1, 0.15) is 0 Å². The van der Waals surface area contributed by atoms with Crippen LogP contribution in [0, 0.1) is 0 Å². The van der Waals surface area contributed by atoms with Crippen molar-refractivity contribution in [3.05, 3.63) is 243 Å². The van der Waals surface area contributed by atoms with Gasteiger partial charge in [0, 0.05) is 31.3 Å². The highest BCUT2D eigenvalue weighted by Crippen LogP contribution is 2.49. The summed E-state index contributed by atoms with van der Waals surface area (Å²) in [5.41, 5.74) is 17.2. The Balaban J connectivity index is 1.10. The van der Waals surface area contributed by atoms with E-state index in [0.717, 1.165) is 0 Å². The molecule has 1 heteroatoms. The summed E-state index contributed by atoms with van der Waals surface area (Å²) in [6, 6.07) is 89.2. The van der Waals surface area contributed by atoms with Crippen LogP contribution in [-0.2, 0) is 0 Å². The molecule has 0 saturated carbocycles. The van der Waals surface area contributed by atoms with Crippen molar-refractivity contribution in [2.24, 2.45) is 0 Å². The standard InChI is InChI=1S/C62H40S/c1-6-19-41(20-7-1)49-37-54(43-23-10-3-11-24-43)61-57(39-49)58-40-50(42-21-8-2-9-22-42)38-55(62(58)63-61)48-30-18-29-46(35-48)47-33-34-53-56(36-47)60(45-27-14-5-15-28-45)52-32-17-16-31-51(52)59(53)44-25-12-4-13-26-44/h1-40H. The number of thiophene rings is 1. The van der Waals surface area contributed by atoms with E-state index in [4.69, 9.17) is 0 Å². The predicted octanol–water partition coefficient (Wildman–Crippen LogP) is 18.0. The number of rotatable bonds is 7. The van der Waals surface area contributed by atoms with Crippen molar-refractivity contribution in [3.63, 3.8) is 0 Å². The molecular weight excluding hydrogens is 777 g/mol. The van der Waals surface area contributed by atoms with Crippen molar-refractivity contribution in [3.8, 4) is 77.9 Å². The first-order valence-electron chi connectivity index (χ1n) is 21.7. The minimum atomic E-state index is 1.19. The maximum atomic E-state index is 2.43. The number of benzene rings is 11. The van der Waals surface area contributed by atoms with Crippen molar-refractivity contribution in [1.29, 1.82) is 0 Å². The fourth-order valence-electron chi connectivity index (χ4n) is 9.68. The topological polar surface area (TPSA) is 0 Å². The van der Waals surface area contributed by atoms with E-state index in [9.17, 15) is 0 Å². The largest absolute Gasteiger partial charge is 0.134 e. The van der Waals surface area contributed by atoms with Gasteiger partial charge in [0.1, 0.15) is 0 Å². The van der Waals surface area contributed by atoms with E-state index in [-0.39, 0.29) is 0 Å². The summed E-state index contributed by atoms with van der Waals surface area (Å²) >= 11 is 1.92. The summed E-state index contributed by atoms with van der Waals surface area (Å²) < 4.78 is 2.61. The van der Waals surface area contributed by atoms with Crippen molar-refractivity contribution < 1.29 is 0 Å². The van der Waals surface area contributed by atoms with Crippen LogP contribution in [-0.4, -0.2) is 0 Å². The maximum Gasteiger partial charge on any atom is 0.0434 e. The molecule has 0 amide bonds. The summed E-state index contributed by atoms with van der Waals surface area (Å²) in [7, 11) is 0. The minimum Gasteiger partial charge on any atom is -0.134 e.